The summed E-state index contributed by atoms with van der Waals surface area (Å²) in [5.74, 6) is 1.81. The molecule has 2 rings (SSSR count). The van der Waals surface area contributed by atoms with Crippen molar-refractivity contribution in [3.8, 4) is 5.75 Å². The molecule has 0 aliphatic rings. The Kier molecular flexibility index (Phi) is 3.55. The maximum absolute atomic E-state index is 5.28. The van der Waals surface area contributed by atoms with Crippen molar-refractivity contribution in [1.82, 2.24) is 4.98 Å². The van der Waals surface area contributed by atoms with E-state index in [4.69, 9.17) is 9.72 Å². The minimum atomic E-state index is 0.443. The SMILES string of the molecule is COc1ccc2c(C(C)C)cc(C(C)C)nc2c1. The second-order valence-corrected chi connectivity index (χ2v) is 5.33. The van der Waals surface area contributed by atoms with Crippen molar-refractivity contribution in [1.29, 1.82) is 0 Å². The van der Waals surface area contributed by atoms with Crippen molar-refractivity contribution in [2.45, 2.75) is 39.5 Å². The number of nitrogens with zero attached hydrogens (tertiary/aromatic N) is 1. The van der Waals surface area contributed by atoms with Gasteiger partial charge >= 0.3 is 0 Å². The van der Waals surface area contributed by atoms with Gasteiger partial charge in [0.05, 0.1) is 12.6 Å². The molecule has 2 heteroatoms. The van der Waals surface area contributed by atoms with E-state index in [1.165, 1.54) is 10.9 Å². The molecule has 1 heterocycles. The predicted octanol–water partition coefficient (Wildman–Crippen LogP) is 4.49. The third-order valence-corrected chi connectivity index (χ3v) is 3.28. The maximum atomic E-state index is 5.28. The van der Waals surface area contributed by atoms with Crippen molar-refractivity contribution in [3.05, 3.63) is 35.5 Å². The fourth-order valence-corrected chi connectivity index (χ4v) is 2.16. The van der Waals surface area contributed by atoms with Crippen LogP contribution in [0.2, 0.25) is 0 Å². The van der Waals surface area contributed by atoms with Crippen molar-refractivity contribution in [2.75, 3.05) is 7.11 Å². The van der Waals surface area contributed by atoms with Crippen LogP contribution in [0.1, 0.15) is 50.8 Å². The van der Waals surface area contributed by atoms with Gasteiger partial charge < -0.3 is 4.74 Å². The zero-order valence-corrected chi connectivity index (χ0v) is 11.8. The van der Waals surface area contributed by atoms with E-state index in [1.807, 2.05) is 12.1 Å². The summed E-state index contributed by atoms with van der Waals surface area (Å²) < 4.78 is 5.28. The smallest absolute Gasteiger partial charge is 0.121 e. The van der Waals surface area contributed by atoms with Crippen LogP contribution in [0.5, 0.6) is 5.75 Å². The summed E-state index contributed by atoms with van der Waals surface area (Å²) in [7, 11) is 1.69. The molecular formula is C16H21NO. The lowest BCUT2D eigenvalue weighted by molar-refractivity contribution is 0.415. The molecule has 0 radical (unpaired) electrons. The van der Waals surface area contributed by atoms with Crippen LogP contribution in [0.25, 0.3) is 10.9 Å². The van der Waals surface area contributed by atoms with Gasteiger partial charge in [-0.3, -0.25) is 4.98 Å². The molecule has 0 spiro atoms. The fourth-order valence-electron chi connectivity index (χ4n) is 2.16. The molecule has 1 aromatic heterocycles. The summed E-state index contributed by atoms with van der Waals surface area (Å²) >= 11 is 0. The highest BCUT2D eigenvalue weighted by Crippen LogP contribution is 2.29. The van der Waals surface area contributed by atoms with Crippen LogP contribution < -0.4 is 4.74 Å². The standard InChI is InChI=1S/C16H21NO/c1-10(2)14-9-15(11(3)4)17-16-8-12(18-5)6-7-13(14)16/h6-11H,1-5H3. The molecule has 0 amide bonds. The number of hydrogen-bond donors (Lipinski definition) is 0. The van der Waals surface area contributed by atoms with Gasteiger partial charge in [-0.15, -0.1) is 0 Å². The Labute approximate surface area is 109 Å². The molecule has 0 N–H and O–H groups in total. The monoisotopic (exact) mass is 243 g/mol. The van der Waals surface area contributed by atoms with E-state index in [0.29, 0.717) is 11.8 Å². The molecule has 0 atom stereocenters. The van der Waals surface area contributed by atoms with Crippen LogP contribution in [0.15, 0.2) is 24.3 Å². The van der Waals surface area contributed by atoms with Gasteiger partial charge in [-0.2, -0.15) is 0 Å². The van der Waals surface area contributed by atoms with Crippen molar-refractivity contribution in [3.63, 3.8) is 0 Å². The Hall–Kier alpha value is -1.57. The van der Waals surface area contributed by atoms with E-state index in [2.05, 4.69) is 39.8 Å². The summed E-state index contributed by atoms with van der Waals surface area (Å²) in [6, 6.07) is 8.38. The highest BCUT2D eigenvalue weighted by Gasteiger charge is 2.11. The third-order valence-electron chi connectivity index (χ3n) is 3.28. The number of benzene rings is 1. The quantitative estimate of drug-likeness (QED) is 0.792. The zero-order chi connectivity index (χ0) is 13.3. The molecule has 0 bridgehead atoms. The highest BCUT2D eigenvalue weighted by atomic mass is 16.5. The first kappa shape index (κ1) is 12.9. The van der Waals surface area contributed by atoms with Crippen LogP contribution in [-0.2, 0) is 0 Å². The first-order valence-electron chi connectivity index (χ1n) is 6.51. The number of ether oxygens (including phenoxy) is 1. The van der Waals surface area contributed by atoms with Crippen LogP contribution in [0.3, 0.4) is 0 Å². The lowest BCUT2D eigenvalue weighted by Crippen LogP contribution is -1.99. The average Bonchev–Trinajstić information content (AvgIpc) is 2.36. The van der Waals surface area contributed by atoms with E-state index < -0.39 is 0 Å². The topological polar surface area (TPSA) is 22.1 Å². The van der Waals surface area contributed by atoms with E-state index in [1.54, 1.807) is 7.11 Å². The van der Waals surface area contributed by atoms with Gasteiger partial charge in [0.25, 0.3) is 0 Å². The Balaban J connectivity index is 2.72. The predicted molar refractivity (Wildman–Crippen MR) is 76.5 cm³/mol. The lowest BCUT2D eigenvalue weighted by Gasteiger charge is -2.14. The molecule has 2 aromatic rings. The molecule has 0 aliphatic carbocycles. The first-order chi connectivity index (χ1) is 8.52. The van der Waals surface area contributed by atoms with Gasteiger partial charge in [-0.05, 0) is 35.6 Å². The van der Waals surface area contributed by atoms with Gasteiger partial charge in [0, 0.05) is 17.1 Å². The third kappa shape index (κ3) is 2.33. The first-order valence-corrected chi connectivity index (χ1v) is 6.51. The second kappa shape index (κ2) is 4.97. The van der Waals surface area contributed by atoms with Gasteiger partial charge in [0.15, 0.2) is 0 Å². The van der Waals surface area contributed by atoms with Crippen LogP contribution in [0.4, 0.5) is 0 Å². The van der Waals surface area contributed by atoms with Crippen molar-refractivity contribution < 1.29 is 4.74 Å². The summed E-state index contributed by atoms with van der Waals surface area (Å²) in [6.45, 7) is 8.81. The number of rotatable bonds is 3. The lowest BCUT2D eigenvalue weighted by atomic mass is 9.95. The van der Waals surface area contributed by atoms with Crippen LogP contribution in [-0.4, -0.2) is 12.1 Å². The zero-order valence-electron chi connectivity index (χ0n) is 11.8. The van der Waals surface area contributed by atoms with Crippen molar-refractivity contribution in [2.24, 2.45) is 0 Å². The summed E-state index contributed by atoms with van der Waals surface area (Å²) in [5.41, 5.74) is 3.55. The van der Waals surface area contributed by atoms with Crippen LogP contribution in [0, 0.1) is 0 Å². The summed E-state index contributed by atoms with van der Waals surface area (Å²) in [4.78, 5) is 4.75. The molecular weight excluding hydrogens is 222 g/mol. The average molecular weight is 243 g/mol. The summed E-state index contributed by atoms with van der Waals surface area (Å²) in [6.07, 6.45) is 0. The largest absolute Gasteiger partial charge is 0.497 e. The Morgan fingerprint density at radius 1 is 1.00 bits per heavy atom. The molecule has 1 aromatic carbocycles. The van der Waals surface area contributed by atoms with Gasteiger partial charge in [0.1, 0.15) is 5.75 Å². The fraction of sp³-hybridized carbons (Fsp3) is 0.438. The minimum Gasteiger partial charge on any atom is -0.497 e. The minimum absolute atomic E-state index is 0.443. The molecule has 96 valence electrons. The van der Waals surface area contributed by atoms with E-state index >= 15 is 0 Å². The Bertz CT molecular complexity index is 558. The normalized spacial score (nSPS) is 11.5. The number of fused-ring (bicyclic) bond motifs is 1. The highest BCUT2D eigenvalue weighted by molar-refractivity contribution is 5.84. The number of methoxy groups -OCH3 is 1. The molecule has 0 fully saturated rings. The maximum Gasteiger partial charge on any atom is 0.121 e. The number of pyridine rings is 1. The van der Waals surface area contributed by atoms with Crippen molar-refractivity contribution >= 4 is 10.9 Å². The Morgan fingerprint density at radius 2 is 1.72 bits per heavy atom. The van der Waals surface area contributed by atoms with Gasteiger partial charge in [-0.25, -0.2) is 0 Å². The molecule has 0 saturated carbocycles. The second-order valence-electron chi connectivity index (χ2n) is 5.33. The van der Waals surface area contributed by atoms with E-state index in [9.17, 15) is 0 Å². The van der Waals surface area contributed by atoms with Gasteiger partial charge in [0.2, 0.25) is 0 Å². The van der Waals surface area contributed by atoms with E-state index in [0.717, 1.165) is 17.0 Å². The molecule has 0 aliphatic heterocycles. The van der Waals surface area contributed by atoms with E-state index in [-0.39, 0.29) is 0 Å². The Morgan fingerprint density at radius 3 is 2.28 bits per heavy atom. The number of hydrogen-bond acceptors (Lipinski definition) is 2. The van der Waals surface area contributed by atoms with Gasteiger partial charge in [-0.1, -0.05) is 27.7 Å². The molecule has 0 unspecified atom stereocenters. The molecule has 18 heavy (non-hydrogen) atoms. The molecule has 0 saturated heterocycles. The molecule has 2 nitrogen and oxygen atoms in total. The summed E-state index contributed by atoms with van der Waals surface area (Å²) in [5, 5.41) is 1.23. The van der Waals surface area contributed by atoms with Crippen LogP contribution >= 0.6 is 0 Å². The number of aromatic nitrogens is 1.